The van der Waals surface area contributed by atoms with Crippen LogP contribution < -0.4 is 15.9 Å². The van der Waals surface area contributed by atoms with Gasteiger partial charge < -0.3 is 0 Å². The Labute approximate surface area is 378 Å². The molecule has 8 rings (SSSR count). The second kappa shape index (κ2) is 20.4. The van der Waals surface area contributed by atoms with Crippen LogP contribution in [0.4, 0.5) is 0 Å². The molecule has 7 aromatic rings. The number of rotatable bonds is 10. The molecule has 1 fully saturated rings. The number of allylic oxidation sites excluding steroid dienone is 5. The van der Waals surface area contributed by atoms with Crippen molar-refractivity contribution < 1.29 is 22.7 Å². The van der Waals surface area contributed by atoms with Crippen LogP contribution in [0.25, 0.3) is 17.2 Å². The monoisotopic (exact) mass is 994 g/mol. The van der Waals surface area contributed by atoms with Gasteiger partial charge in [0.2, 0.25) is 0 Å². The van der Waals surface area contributed by atoms with Gasteiger partial charge in [-0.3, -0.25) is 0 Å². The fourth-order valence-corrected chi connectivity index (χ4v) is 14.0. The van der Waals surface area contributed by atoms with Crippen molar-refractivity contribution in [2.24, 2.45) is 0 Å². The summed E-state index contributed by atoms with van der Waals surface area (Å²) in [6.45, 7) is 5.28. The zero-order chi connectivity index (χ0) is 42.6. The van der Waals surface area contributed by atoms with Gasteiger partial charge >= 0.3 is 283 Å². The molecule has 0 N–H and O–H groups in total. The van der Waals surface area contributed by atoms with Gasteiger partial charge in [-0.1, -0.05) is 84.9 Å². The maximum atomic E-state index is 6.02. The second-order valence-corrected chi connectivity index (χ2v) is 18.9. The molecule has 0 atom stereocenters. The molecule has 62 heavy (non-hydrogen) atoms. The molecule has 0 amide bonds. The third kappa shape index (κ3) is 9.11. The Morgan fingerprint density at radius 1 is 0.516 bits per heavy atom. The summed E-state index contributed by atoms with van der Waals surface area (Å²) in [5, 5.41) is 4.89. The minimum atomic E-state index is -2.50. The molecular weight excluding hydrogens is 946 g/mol. The van der Waals surface area contributed by atoms with E-state index in [1.165, 1.54) is 38.2 Å². The van der Waals surface area contributed by atoms with Gasteiger partial charge in [0.1, 0.15) is 0 Å². The molecule has 0 spiro atoms. The summed E-state index contributed by atoms with van der Waals surface area (Å²) in [5.74, 6) is 7.42. The van der Waals surface area contributed by atoms with E-state index < -0.39 is 7.26 Å². The standard InChI is InChI=1S/C59H47OP.Os/c1-4-21-46-32-37-51(38-33-46)58(49-22-11-6-12-23-49)59(50-24-13-7-14-25-50)52-39-34-47(35-40-52)36-41-53(42-54-44-60-43-48(54)5-2)45(3)61(55-26-15-8-16-27-55,56-28-17-9-18-29-56)57-30-19-10-20-31-57;/h4-35,37-40,42H,43-44H2,1-2H3;/q+1;/b21-4+,48-5?,53-45?,54-42?,59-58+;. The van der Waals surface area contributed by atoms with Crippen LogP contribution in [0.5, 0.6) is 0 Å². The third-order valence-corrected chi connectivity index (χ3v) is 16.5. The van der Waals surface area contributed by atoms with Crippen molar-refractivity contribution in [1.29, 1.82) is 0 Å². The van der Waals surface area contributed by atoms with Crippen molar-refractivity contribution in [3.63, 3.8) is 0 Å². The first kappa shape index (κ1) is 42.3. The quantitative estimate of drug-likeness (QED) is 0.0754. The van der Waals surface area contributed by atoms with Crippen molar-refractivity contribution in [3.8, 4) is 16.2 Å². The SMILES string of the molecule is CC=C1COCC1=CC(C#Cc1ccc(/C(=C(\c2ccccc2)c2ccc(/C=C/C)cc2)c2ccccc2)cc1)=C([C]#[Os])[P+](c1ccccc1)(c1ccccc1)c1ccccc1. The third-order valence-electron chi connectivity index (χ3n) is 11.1. The molecule has 3 heteroatoms. The normalized spacial score (nSPS) is 14.8. The van der Waals surface area contributed by atoms with Crippen molar-refractivity contribution >= 4 is 40.4 Å². The Morgan fingerprint density at radius 2 is 0.935 bits per heavy atom. The van der Waals surface area contributed by atoms with Gasteiger partial charge in [-0.25, -0.2) is 0 Å². The van der Waals surface area contributed by atoms with E-state index in [2.05, 4.69) is 255 Å². The van der Waals surface area contributed by atoms with E-state index in [9.17, 15) is 0 Å². The molecule has 1 heterocycles. The Kier molecular flexibility index (Phi) is 14.0. The van der Waals surface area contributed by atoms with Crippen molar-refractivity contribution in [3.05, 3.63) is 274 Å². The van der Waals surface area contributed by atoms with Gasteiger partial charge in [-0.05, 0) is 12.5 Å². The number of hydrogen-bond donors (Lipinski definition) is 0. The number of benzene rings is 7. The second-order valence-electron chi connectivity index (χ2n) is 14.9. The van der Waals surface area contributed by atoms with E-state index >= 15 is 0 Å². The first-order valence-corrected chi connectivity index (χ1v) is 24.0. The fraction of sp³-hybridized carbons (Fsp3) is 0.0678. The van der Waals surface area contributed by atoms with Crippen LogP contribution in [-0.4, -0.2) is 13.2 Å². The molecule has 1 aliphatic rings. The van der Waals surface area contributed by atoms with Gasteiger partial charge in [0.25, 0.3) is 0 Å². The molecule has 7 aromatic carbocycles. The maximum absolute atomic E-state index is 6.02. The molecule has 0 unspecified atom stereocenters. The summed E-state index contributed by atoms with van der Waals surface area (Å²) in [4.78, 5) is 0. The van der Waals surface area contributed by atoms with E-state index in [0.717, 1.165) is 44.3 Å². The van der Waals surface area contributed by atoms with E-state index in [0.29, 0.717) is 13.2 Å². The van der Waals surface area contributed by atoms with E-state index in [1.807, 2.05) is 0 Å². The van der Waals surface area contributed by atoms with Crippen LogP contribution in [0.3, 0.4) is 0 Å². The van der Waals surface area contributed by atoms with Crippen LogP contribution in [0.1, 0.15) is 47.2 Å². The first-order valence-electron chi connectivity index (χ1n) is 20.9. The molecule has 0 radical (unpaired) electrons. The summed E-state index contributed by atoms with van der Waals surface area (Å²) in [7, 11) is -2.50. The van der Waals surface area contributed by atoms with E-state index in [4.69, 9.17) is 4.74 Å². The van der Waals surface area contributed by atoms with Crippen LogP contribution >= 0.6 is 7.26 Å². The molecule has 0 aromatic heterocycles. The fourth-order valence-electron chi connectivity index (χ4n) is 8.21. The first-order chi connectivity index (χ1) is 30.6. The average molecular weight is 993 g/mol. The Bertz CT molecular complexity index is 2790. The van der Waals surface area contributed by atoms with Crippen LogP contribution in [0, 0.1) is 16.2 Å². The zero-order valence-electron chi connectivity index (χ0n) is 35.0. The molecule has 1 aliphatic heterocycles. The summed E-state index contributed by atoms with van der Waals surface area (Å²) >= 11 is 1.78. The molecule has 1 saturated heterocycles. The molecule has 0 bridgehead atoms. The molecule has 0 aliphatic carbocycles. The summed E-state index contributed by atoms with van der Waals surface area (Å²) < 4.78 is 9.84. The molecule has 301 valence electrons. The molecule has 0 saturated carbocycles. The Morgan fingerprint density at radius 3 is 1.37 bits per heavy atom. The molecule has 1 nitrogen and oxygen atoms in total. The van der Waals surface area contributed by atoms with Crippen LogP contribution in [0.15, 0.2) is 240 Å². The van der Waals surface area contributed by atoms with Crippen LogP contribution in [-0.2, 0) is 22.7 Å². The summed E-state index contributed by atoms with van der Waals surface area (Å²) in [6.07, 6.45) is 8.65. The topological polar surface area (TPSA) is 9.23 Å². The number of ether oxygens (including phenoxy) is 1. The Hall–Kier alpha value is -6.39. The van der Waals surface area contributed by atoms with Crippen LogP contribution in [0.2, 0.25) is 0 Å². The van der Waals surface area contributed by atoms with Gasteiger partial charge in [0.05, 0.1) is 0 Å². The van der Waals surface area contributed by atoms with Crippen molar-refractivity contribution in [2.45, 2.75) is 13.8 Å². The van der Waals surface area contributed by atoms with Gasteiger partial charge in [-0.15, -0.1) is 0 Å². The summed E-state index contributed by atoms with van der Waals surface area (Å²) in [6, 6.07) is 72.0. The Balaban J connectivity index is 1.34. The average Bonchev–Trinajstić information content (AvgIpc) is 3.80. The predicted molar refractivity (Wildman–Crippen MR) is 261 cm³/mol. The molecular formula is C59H47OOsP+. The van der Waals surface area contributed by atoms with Gasteiger partial charge in [0, 0.05) is 0 Å². The van der Waals surface area contributed by atoms with Gasteiger partial charge in [0.15, 0.2) is 0 Å². The van der Waals surface area contributed by atoms with E-state index in [1.54, 1.807) is 17.9 Å². The minimum absolute atomic E-state index is 0.544. The van der Waals surface area contributed by atoms with Crippen molar-refractivity contribution in [1.82, 2.24) is 0 Å². The number of hydrogen-bond acceptors (Lipinski definition) is 1. The summed E-state index contributed by atoms with van der Waals surface area (Å²) in [5.41, 5.74) is 12.4. The van der Waals surface area contributed by atoms with Crippen molar-refractivity contribution in [2.75, 3.05) is 13.2 Å². The van der Waals surface area contributed by atoms with Gasteiger partial charge in [-0.2, -0.15) is 0 Å². The predicted octanol–water partition coefficient (Wildman–Crippen LogP) is 12.7. The van der Waals surface area contributed by atoms with E-state index in [-0.39, 0.29) is 0 Å². The zero-order valence-corrected chi connectivity index (χ0v) is 38.4.